The van der Waals surface area contributed by atoms with Crippen molar-refractivity contribution in [2.24, 2.45) is 5.11 Å². The van der Waals surface area contributed by atoms with Gasteiger partial charge in [-0.1, -0.05) is 63.5 Å². The molecule has 0 radical (unpaired) electrons. The molecule has 0 saturated carbocycles. The van der Waals surface area contributed by atoms with Crippen LogP contribution in [0, 0.1) is 0 Å². The highest BCUT2D eigenvalue weighted by atomic mass is 79.9. The predicted molar refractivity (Wildman–Crippen MR) is 70.6 cm³/mol. The van der Waals surface area contributed by atoms with E-state index in [2.05, 4.69) is 44.2 Å². The molecule has 1 unspecified atom stereocenters. The van der Waals surface area contributed by atoms with E-state index < -0.39 is 0 Å². The fraction of sp³-hybridized carbons (Fsp3) is 0.333. The molecule has 84 valence electrons. The predicted octanol–water partition coefficient (Wildman–Crippen LogP) is 4.25. The molecule has 0 bridgehead atoms. The second-order valence-electron chi connectivity index (χ2n) is 3.38. The zero-order chi connectivity index (χ0) is 11.6. The summed E-state index contributed by atoms with van der Waals surface area (Å²) in [5.74, 6) is 0. The number of aryl methyl sites for hydroxylation is 1. The van der Waals surface area contributed by atoms with Gasteiger partial charge in [-0.3, -0.25) is 0 Å². The lowest BCUT2D eigenvalue weighted by molar-refractivity contribution is 0.911. The van der Waals surface area contributed by atoms with Gasteiger partial charge in [0.25, 0.3) is 0 Å². The van der Waals surface area contributed by atoms with Gasteiger partial charge in [-0.05, 0) is 23.9 Å². The number of azide groups is 1. The van der Waals surface area contributed by atoms with E-state index in [4.69, 9.17) is 5.53 Å². The Morgan fingerprint density at radius 3 is 2.75 bits per heavy atom. The summed E-state index contributed by atoms with van der Waals surface area (Å²) in [6, 6.07) is 10.2. The molecule has 0 aliphatic carbocycles. The van der Waals surface area contributed by atoms with Gasteiger partial charge in [0, 0.05) is 10.2 Å². The summed E-state index contributed by atoms with van der Waals surface area (Å²) in [5.41, 5.74) is 9.63. The first-order valence-electron chi connectivity index (χ1n) is 5.17. The average Bonchev–Trinajstić information content (AvgIpc) is 2.34. The number of allylic oxidation sites excluding steroid dienone is 1. The van der Waals surface area contributed by atoms with Gasteiger partial charge in [0.05, 0.1) is 6.04 Å². The average molecular weight is 280 g/mol. The second kappa shape index (κ2) is 7.97. The van der Waals surface area contributed by atoms with E-state index in [1.54, 1.807) is 0 Å². The van der Waals surface area contributed by atoms with E-state index in [0.717, 1.165) is 12.8 Å². The molecule has 0 amide bonds. The fourth-order valence-corrected chi connectivity index (χ4v) is 1.68. The number of nitrogens with zero attached hydrogens (tertiary/aromatic N) is 3. The number of hydrogen-bond donors (Lipinski definition) is 0. The molecule has 0 saturated heterocycles. The van der Waals surface area contributed by atoms with Crippen molar-refractivity contribution in [2.45, 2.75) is 18.9 Å². The molecule has 0 spiro atoms. The molecular formula is C12H14BrN3. The molecule has 1 aromatic carbocycles. The number of rotatable bonds is 6. The zero-order valence-corrected chi connectivity index (χ0v) is 10.5. The van der Waals surface area contributed by atoms with Crippen LogP contribution in [-0.2, 0) is 6.42 Å². The Balaban J connectivity index is 2.34. The maximum atomic E-state index is 8.31. The largest absolute Gasteiger partial charge is 0.0920 e. The molecule has 1 rings (SSSR count). The van der Waals surface area contributed by atoms with Crippen LogP contribution in [0.4, 0.5) is 0 Å². The molecule has 0 fully saturated rings. The smallest absolute Gasteiger partial charge is 0.0652 e. The summed E-state index contributed by atoms with van der Waals surface area (Å²) in [6.45, 7) is 0. The third-order valence-electron chi connectivity index (χ3n) is 2.16. The topological polar surface area (TPSA) is 48.8 Å². The molecule has 0 aliphatic rings. The second-order valence-corrected chi connectivity index (χ2v) is 4.03. The molecule has 0 N–H and O–H groups in total. The minimum absolute atomic E-state index is 0.0826. The summed E-state index contributed by atoms with van der Waals surface area (Å²) in [6.07, 6.45) is 5.99. The van der Waals surface area contributed by atoms with Crippen LogP contribution in [-0.4, -0.2) is 11.4 Å². The highest BCUT2D eigenvalue weighted by Gasteiger charge is 1.96. The lowest BCUT2D eigenvalue weighted by atomic mass is 10.1. The van der Waals surface area contributed by atoms with Gasteiger partial charge in [0.15, 0.2) is 0 Å². The Hall–Kier alpha value is -1.25. The van der Waals surface area contributed by atoms with Crippen molar-refractivity contribution in [3.05, 3.63) is 58.5 Å². The van der Waals surface area contributed by atoms with Gasteiger partial charge in [-0.15, -0.1) is 0 Å². The third-order valence-corrected chi connectivity index (χ3v) is 2.82. The number of benzene rings is 1. The van der Waals surface area contributed by atoms with Crippen molar-refractivity contribution in [3.63, 3.8) is 0 Å². The number of halogens is 1. The number of hydrogen-bond acceptors (Lipinski definition) is 1. The highest BCUT2D eigenvalue weighted by molar-refractivity contribution is 9.09. The molecule has 4 heteroatoms. The first kappa shape index (κ1) is 12.8. The summed E-state index contributed by atoms with van der Waals surface area (Å²) < 4.78 is 0. The Morgan fingerprint density at radius 1 is 1.38 bits per heavy atom. The van der Waals surface area contributed by atoms with Crippen molar-refractivity contribution in [1.82, 2.24) is 0 Å². The van der Waals surface area contributed by atoms with Crippen molar-refractivity contribution in [1.29, 1.82) is 0 Å². The van der Waals surface area contributed by atoms with Crippen molar-refractivity contribution >= 4 is 15.9 Å². The van der Waals surface area contributed by atoms with Gasteiger partial charge in [0.2, 0.25) is 0 Å². The minimum atomic E-state index is -0.0826. The van der Waals surface area contributed by atoms with Gasteiger partial charge >= 0.3 is 0 Å². The van der Waals surface area contributed by atoms with E-state index in [0.29, 0.717) is 5.33 Å². The van der Waals surface area contributed by atoms with Crippen LogP contribution in [0.1, 0.15) is 12.0 Å². The van der Waals surface area contributed by atoms with Crippen LogP contribution in [0.2, 0.25) is 0 Å². The highest BCUT2D eigenvalue weighted by Crippen LogP contribution is 2.05. The first-order chi connectivity index (χ1) is 7.86. The van der Waals surface area contributed by atoms with E-state index in [9.17, 15) is 0 Å². The van der Waals surface area contributed by atoms with Crippen LogP contribution in [0.3, 0.4) is 0 Å². The van der Waals surface area contributed by atoms with Gasteiger partial charge in [0.1, 0.15) is 0 Å². The fourth-order valence-electron chi connectivity index (χ4n) is 1.34. The lowest BCUT2D eigenvalue weighted by Crippen LogP contribution is -1.99. The van der Waals surface area contributed by atoms with Crippen LogP contribution in [0.15, 0.2) is 47.6 Å². The standard InChI is InChI=1S/C12H14BrN3/c13-10-12(15-16-14)9-5-4-8-11-6-2-1-3-7-11/h1-3,5-7,9,12H,4,8,10H2/b9-5+. The molecular weight excluding hydrogens is 266 g/mol. The van der Waals surface area contributed by atoms with Crippen LogP contribution >= 0.6 is 15.9 Å². The van der Waals surface area contributed by atoms with Crippen LogP contribution in [0.5, 0.6) is 0 Å². The minimum Gasteiger partial charge on any atom is -0.0920 e. The summed E-state index contributed by atoms with van der Waals surface area (Å²) >= 11 is 3.30. The third kappa shape index (κ3) is 5.01. The monoisotopic (exact) mass is 279 g/mol. The van der Waals surface area contributed by atoms with Crippen molar-refractivity contribution < 1.29 is 0 Å². The van der Waals surface area contributed by atoms with E-state index in [-0.39, 0.29) is 6.04 Å². The van der Waals surface area contributed by atoms with Gasteiger partial charge in [-0.25, -0.2) is 0 Å². The van der Waals surface area contributed by atoms with Crippen molar-refractivity contribution in [2.75, 3.05) is 5.33 Å². The Kier molecular flexibility index (Phi) is 6.38. The quantitative estimate of drug-likeness (QED) is 0.246. The van der Waals surface area contributed by atoms with Crippen molar-refractivity contribution in [3.8, 4) is 0 Å². The molecule has 0 aromatic heterocycles. The zero-order valence-electron chi connectivity index (χ0n) is 8.96. The molecule has 0 aliphatic heterocycles. The van der Waals surface area contributed by atoms with Gasteiger partial charge in [-0.2, -0.15) is 0 Å². The molecule has 1 atom stereocenters. The van der Waals surface area contributed by atoms with Crippen LogP contribution < -0.4 is 0 Å². The maximum absolute atomic E-state index is 8.31. The van der Waals surface area contributed by atoms with E-state index in [1.807, 2.05) is 24.3 Å². The van der Waals surface area contributed by atoms with Gasteiger partial charge < -0.3 is 0 Å². The summed E-state index contributed by atoms with van der Waals surface area (Å²) in [4.78, 5) is 2.79. The Bertz CT molecular complexity index is 369. The molecule has 16 heavy (non-hydrogen) atoms. The maximum Gasteiger partial charge on any atom is 0.0652 e. The normalized spacial score (nSPS) is 12.3. The first-order valence-corrected chi connectivity index (χ1v) is 6.29. The van der Waals surface area contributed by atoms with Crippen LogP contribution in [0.25, 0.3) is 10.4 Å². The number of alkyl halides is 1. The van der Waals surface area contributed by atoms with E-state index >= 15 is 0 Å². The Labute approximate surface area is 104 Å². The lowest BCUT2D eigenvalue weighted by Gasteiger charge is -1.99. The molecule has 1 aromatic rings. The Morgan fingerprint density at radius 2 is 2.12 bits per heavy atom. The SMILES string of the molecule is [N-]=[N+]=NC(/C=C/CCc1ccccc1)CBr. The summed E-state index contributed by atoms with van der Waals surface area (Å²) in [7, 11) is 0. The molecule has 0 heterocycles. The molecule has 3 nitrogen and oxygen atoms in total. The summed E-state index contributed by atoms with van der Waals surface area (Å²) in [5, 5.41) is 4.30. The van der Waals surface area contributed by atoms with E-state index in [1.165, 1.54) is 5.56 Å².